The van der Waals surface area contributed by atoms with E-state index in [-0.39, 0.29) is 17.7 Å². The molecular weight excluding hydrogens is 308 g/mol. The van der Waals surface area contributed by atoms with Crippen molar-refractivity contribution in [1.82, 2.24) is 10.1 Å². The maximum absolute atomic E-state index is 12.7. The van der Waals surface area contributed by atoms with E-state index in [1.807, 2.05) is 13.0 Å². The highest BCUT2D eigenvalue weighted by atomic mass is 16.5. The van der Waals surface area contributed by atoms with Crippen LogP contribution in [0.1, 0.15) is 60.5 Å². The third kappa shape index (κ3) is 3.52. The lowest BCUT2D eigenvalue weighted by Gasteiger charge is -2.21. The van der Waals surface area contributed by atoms with E-state index >= 15 is 0 Å². The normalized spacial score (nSPS) is 17.7. The smallest absolute Gasteiger partial charge is 0.290 e. The van der Waals surface area contributed by atoms with Gasteiger partial charge < -0.3 is 18.9 Å². The van der Waals surface area contributed by atoms with Gasteiger partial charge in [0.1, 0.15) is 5.60 Å². The molecular formula is C18H20N2O4. The number of nitrogens with zero attached hydrogens (tertiary/aromatic N) is 2. The number of carbonyl (C=O) groups is 1. The van der Waals surface area contributed by atoms with Crippen LogP contribution in [0.15, 0.2) is 27.1 Å². The molecule has 1 unspecified atom stereocenters. The number of amides is 1. The quantitative estimate of drug-likeness (QED) is 0.857. The highest BCUT2D eigenvalue weighted by molar-refractivity contribution is 5.92. The number of aliphatic hydroxyl groups is 1. The predicted octanol–water partition coefficient (Wildman–Crippen LogP) is 2.68. The van der Waals surface area contributed by atoms with Gasteiger partial charge in [-0.1, -0.05) is 11.1 Å². The van der Waals surface area contributed by atoms with Gasteiger partial charge in [0.2, 0.25) is 0 Å². The number of likely N-dealkylation sites (tertiary alicyclic amines) is 1. The van der Waals surface area contributed by atoms with Crippen LogP contribution < -0.4 is 0 Å². The second-order valence-electron chi connectivity index (χ2n) is 6.50. The Kier molecular flexibility index (Phi) is 4.20. The van der Waals surface area contributed by atoms with Gasteiger partial charge in [0, 0.05) is 12.6 Å². The fourth-order valence-electron chi connectivity index (χ4n) is 2.72. The minimum Gasteiger partial charge on any atom is -0.443 e. The molecule has 3 heterocycles. The highest BCUT2D eigenvalue weighted by Crippen LogP contribution is 2.33. The van der Waals surface area contributed by atoms with E-state index in [1.165, 1.54) is 0 Å². The van der Waals surface area contributed by atoms with E-state index in [4.69, 9.17) is 8.94 Å². The monoisotopic (exact) mass is 328 g/mol. The molecule has 3 rings (SSSR count). The molecule has 0 bridgehead atoms. The first-order chi connectivity index (χ1) is 11.3. The fraction of sp³-hybridized carbons (Fsp3) is 0.444. The van der Waals surface area contributed by atoms with Gasteiger partial charge in [0.15, 0.2) is 17.3 Å². The minimum absolute atomic E-state index is 0.116. The first-order valence-corrected chi connectivity index (χ1v) is 7.93. The van der Waals surface area contributed by atoms with Crippen LogP contribution in [-0.4, -0.2) is 33.2 Å². The number of aromatic nitrogens is 1. The Hall–Kier alpha value is -2.52. The van der Waals surface area contributed by atoms with E-state index in [9.17, 15) is 9.90 Å². The van der Waals surface area contributed by atoms with Crippen LogP contribution in [0, 0.1) is 18.8 Å². The van der Waals surface area contributed by atoms with Crippen molar-refractivity contribution in [2.24, 2.45) is 0 Å². The third-order valence-electron chi connectivity index (χ3n) is 3.80. The molecule has 24 heavy (non-hydrogen) atoms. The number of rotatable bonds is 2. The lowest BCUT2D eigenvalue weighted by molar-refractivity contribution is 0.0681. The molecule has 2 aromatic rings. The Balaban J connectivity index is 1.78. The van der Waals surface area contributed by atoms with Crippen molar-refractivity contribution < 1.29 is 18.8 Å². The second-order valence-corrected chi connectivity index (χ2v) is 6.50. The van der Waals surface area contributed by atoms with Crippen molar-refractivity contribution in [1.29, 1.82) is 0 Å². The van der Waals surface area contributed by atoms with Gasteiger partial charge in [-0.15, -0.1) is 0 Å². The van der Waals surface area contributed by atoms with E-state index in [1.54, 1.807) is 30.9 Å². The predicted molar refractivity (Wildman–Crippen MR) is 86.1 cm³/mol. The molecule has 0 radical (unpaired) electrons. The van der Waals surface area contributed by atoms with E-state index in [0.717, 1.165) is 18.5 Å². The Bertz CT molecular complexity index is 801. The molecule has 0 spiro atoms. The Morgan fingerprint density at radius 1 is 1.46 bits per heavy atom. The summed E-state index contributed by atoms with van der Waals surface area (Å²) >= 11 is 0. The molecule has 2 aromatic heterocycles. The lowest BCUT2D eigenvalue weighted by atomic mass is 10.1. The standard InChI is InChI=1S/C18H20N2O4/c1-12-11-16(24-19-12)14-5-4-10-20(14)17(21)15-7-6-13(23-15)8-9-18(2,3)22/h6-7,11,14,22H,4-5,10H2,1-3H3. The summed E-state index contributed by atoms with van der Waals surface area (Å²) in [5.41, 5.74) is -0.312. The maximum Gasteiger partial charge on any atom is 0.290 e. The molecule has 1 aliphatic rings. The summed E-state index contributed by atoms with van der Waals surface area (Å²) in [5.74, 6) is 6.49. The molecule has 0 aliphatic carbocycles. The molecule has 1 atom stereocenters. The zero-order valence-electron chi connectivity index (χ0n) is 14.0. The van der Waals surface area contributed by atoms with Gasteiger partial charge >= 0.3 is 0 Å². The first kappa shape index (κ1) is 16.3. The van der Waals surface area contributed by atoms with Gasteiger partial charge in [0.25, 0.3) is 5.91 Å². The second kappa shape index (κ2) is 6.17. The zero-order chi connectivity index (χ0) is 17.3. The van der Waals surface area contributed by atoms with Crippen LogP contribution >= 0.6 is 0 Å². The van der Waals surface area contributed by atoms with E-state index in [0.29, 0.717) is 18.1 Å². The largest absolute Gasteiger partial charge is 0.443 e. The SMILES string of the molecule is Cc1cc(C2CCCN2C(=O)c2ccc(C#CC(C)(C)O)o2)on1. The molecule has 1 N–H and O–H groups in total. The Labute approximate surface area is 140 Å². The molecule has 1 amide bonds. The van der Waals surface area contributed by atoms with Gasteiger partial charge in [-0.05, 0) is 51.7 Å². The summed E-state index contributed by atoms with van der Waals surface area (Å²) in [6.07, 6.45) is 1.74. The highest BCUT2D eigenvalue weighted by Gasteiger charge is 2.34. The maximum atomic E-state index is 12.7. The first-order valence-electron chi connectivity index (χ1n) is 7.93. The van der Waals surface area contributed by atoms with Crippen LogP contribution in [0.5, 0.6) is 0 Å². The van der Waals surface area contributed by atoms with E-state index < -0.39 is 5.60 Å². The molecule has 0 saturated carbocycles. The van der Waals surface area contributed by atoms with Crippen molar-refractivity contribution in [3.05, 3.63) is 41.2 Å². The lowest BCUT2D eigenvalue weighted by Crippen LogP contribution is -2.30. The van der Waals surface area contributed by atoms with Crippen LogP contribution in [0.3, 0.4) is 0 Å². The molecule has 1 aliphatic heterocycles. The van der Waals surface area contributed by atoms with Gasteiger partial charge in [-0.25, -0.2) is 0 Å². The molecule has 126 valence electrons. The Morgan fingerprint density at radius 2 is 2.25 bits per heavy atom. The summed E-state index contributed by atoms with van der Waals surface area (Å²) < 4.78 is 10.8. The van der Waals surface area contributed by atoms with Gasteiger partial charge in [0.05, 0.1) is 11.7 Å². The van der Waals surface area contributed by atoms with E-state index in [2.05, 4.69) is 17.0 Å². The van der Waals surface area contributed by atoms with Crippen LogP contribution in [0.4, 0.5) is 0 Å². The third-order valence-corrected chi connectivity index (χ3v) is 3.80. The summed E-state index contributed by atoms with van der Waals surface area (Å²) in [6.45, 7) is 5.68. The van der Waals surface area contributed by atoms with Crippen molar-refractivity contribution in [2.45, 2.75) is 45.3 Å². The van der Waals surface area contributed by atoms with Gasteiger partial charge in [-0.3, -0.25) is 4.79 Å². The number of hydrogen-bond acceptors (Lipinski definition) is 5. The Morgan fingerprint density at radius 3 is 2.92 bits per heavy atom. The van der Waals surface area contributed by atoms with Gasteiger partial charge in [-0.2, -0.15) is 0 Å². The number of hydrogen-bond donors (Lipinski definition) is 1. The molecule has 6 heteroatoms. The van der Waals surface area contributed by atoms with Crippen molar-refractivity contribution in [3.63, 3.8) is 0 Å². The molecule has 1 saturated heterocycles. The molecule has 6 nitrogen and oxygen atoms in total. The van der Waals surface area contributed by atoms with Crippen molar-refractivity contribution in [3.8, 4) is 11.8 Å². The number of aryl methyl sites for hydroxylation is 1. The zero-order valence-corrected chi connectivity index (χ0v) is 14.0. The molecule has 1 fully saturated rings. The van der Waals surface area contributed by atoms with Crippen molar-refractivity contribution >= 4 is 5.91 Å². The molecule has 0 aromatic carbocycles. The fourth-order valence-corrected chi connectivity index (χ4v) is 2.72. The van der Waals surface area contributed by atoms with Crippen molar-refractivity contribution in [2.75, 3.05) is 6.54 Å². The minimum atomic E-state index is -1.11. The average Bonchev–Trinajstić information content (AvgIpc) is 3.23. The summed E-state index contributed by atoms with van der Waals surface area (Å²) in [4.78, 5) is 14.5. The summed E-state index contributed by atoms with van der Waals surface area (Å²) in [5, 5.41) is 13.5. The summed E-state index contributed by atoms with van der Waals surface area (Å²) in [6, 6.07) is 4.99. The topological polar surface area (TPSA) is 79.7 Å². The average molecular weight is 328 g/mol. The van der Waals surface area contributed by atoms with Crippen LogP contribution in [-0.2, 0) is 0 Å². The number of carbonyl (C=O) groups excluding carboxylic acids is 1. The van der Waals surface area contributed by atoms with Crippen LogP contribution in [0.2, 0.25) is 0 Å². The summed E-state index contributed by atoms with van der Waals surface area (Å²) in [7, 11) is 0. The number of furan rings is 1. The van der Waals surface area contributed by atoms with Crippen LogP contribution in [0.25, 0.3) is 0 Å².